The van der Waals surface area contributed by atoms with Gasteiger partial charge < -0.3 is 30.0 Å². The Morgan fingerprint density at radius 3 is 1.88 bits per heavy atom. The summed E-state index contributed by atoms with van der Waals surface area (Å²) in [5, 5.41) is 3.35. The standard InChI is InChI=1S/C14H23NO2.C6H15NO2/c1-4-16-14(17-5-2)11-15-10-13-8-6-7-12(3)9-13;1-3-8-6(5-7)9-4-2/h6-9,14-15H,4-5,10-11H2,1-3H3;6H,3-5,7H2,1-2H3. The Hall–Kier alpha value is -1.02. The lowest BCUT2D eigenvalue weighted by Gasteiger charge is -2.17. The minimum absolute atomic E-state index is 0.144. The molecule has 0 aromatic heterocycles. The third kappa shape index (κ3) is 13.2. The predicted molar refractivity (Wildman–Crippen MR) is 106 cm³/mol. The number of hydrogen-bond donors (Lipinski definition) is 2. The topological polar surface area (TPSA) is 75.0 Å². The van der Waals surface area contributed by atoms with Gasteiger partial charge in [0.15, 0.2) is 12.6 Å². The summed E-state index contributed by atoms with van der Waals surface area (Å²) in [5.41, 5.74) is 7.87. The summed E-state index contributed by atoms with van der Waals surface area (Å²) < 4.78 is 21.1. The molecule has 152 valence electrons. The molecule has 1 rings (SSSR count). The molecule has 1 aromatic carbocycles. The second kappa shape index (κ2) is 17.4. The van der Waals surface area contributed by atoms with Gasteiger partial charge in [-0.15, -0.1) is 0 Å². The van der Waals surface area contributed by atoms with Gasteiger partial charge in [0.2, 0.25) is 0 Å². The predicted octanol–water partition coefficient (Wildman–Crippen LogP) is 2.83. The molecule has 0 heterocycles. The number of benzene rings is 1. The number of nitrogens with two attached hydrogens (primary N) is 1. The molecule has 6 nitrogen and oxygen atoms in total. The molecule has 0 fully saturated rings. The molecule has 0 amide bonds. The smallest absolute Gasteiger partial charge is 0.169 e. The maximum atomic E-state index is 5.46. The average molecular weight is 371 g/mol. The van der Waals surface area contributed by atoms with E-state index in [0.29, 0.717) is 33.0 Å². The summed E-state index contributed by atoms with van der Waals surface area (Å²) in [7, 11) is 0. The number of aryl methyl sites for hydroxylation is 1. The molecule has 0 atom stereocenters. The largest absolute Gasteiger partial charge is 0.352 e. The molecule has 0 aliphatic carbocycles. The fraction of sp³-hybridized carbons (Fsp3) is 0.700. The third-order valence-electron chi connectivity index (χ3n) is 3.33. The van der Waals surface area contributed by atoms with Crippen molar-refractivity contribution in [3.05, 3.63) is 35.4 Å². The first-order chi connectivity index (χ1) is 12.6. The Labute approximate surface area is 159 Å². The van der Waals surface area contributed by atoms with Crippen LogP contribution in [0.1, 0.15) is 38.8 Å². The molecular weight excluding hydrogens is 332 g/mol. The molecule has 0 saturated heterocycles. The Kier molecular flexibility index (Phi) is 16.7. The summed E-state index contributed by atoms with van der Waals surface area (Å²) in [6.07, 6.45) is -0.352. The van der Waals surface area contributed by atoms with Crippen molar-refractivity contribution in [2.45, 2.75) is 53.7 Å². The van der Waals surface area contributed by atoms with Crippen LogP contribution < -0.4 is 11.1 Å². The van der Waals surface area contributed by atoms with Gasteiger partial charge in [-0.3, -0.25) is 0 Å². The second-order valence-corrected chi connectivity index (χ2v) is 5.54. The van der Waals surface area contributed by atoms with Crippen molar-refractivity contribution in [3.8, 4) is 0 Å². The summed E-state index contributed by atoms with van der Waals surface area (Å²) in [6, 6.07) is 8.49. The van der Waals surface area contributed by atoms with E-state index in [9.17, 15) is 0 Å². The van der Waals surface area contributed by atoms with Crippen LogP contribution in [0.4, 0.5) is 0 Å². The van der Waals surface area contributed by atoms with Crippen molar-refractivity contribution < 1.29 is 18.9 Å². The minimum Gasteiger partial charge on any atom is -0.352 e. The molecule has 0 unspecified atom stereocenters. The quantitative estimate of drug-likeness (QED) is 0.520. The average Bonchev–Trinajstić information content (AvgIpc) is 2.62. The number of ether oxygens (including phenoxy) is 4. The first kappa shape index (κ1) is 25.0. The van der Waals surface area contributed by atoms with Gasteiger partial charge in [-0.1, -0.05) is 29.8 Å². The van der Waals surface area contributed by atoms with Gasteiger partial charge >= 0.3 is 0 Å². The normalized spacial score (nSPS) is 10.9. The van der Waals surface area contributed by atoms with Crippen molar-refractivity contribution in [2.24, 2.45) is 5.73 Å². The molecule has 0 aliphatic rings. The third-order valence-corrected chi connectivity index (χ3v) is 3.33. The minimum atomic E-state index is -0.208. The second-order valence-electron chi connectivity index (χ2n) is 5.54. The van der Waals surface area contributed by atoms with Gasteiger partial charge in [-0.25, -0.2) is 0 Å². The van der Waals surface area contributed by atoms with Crippen LogP contribution in [0.2, 0.25) is 0 Å². The highest BCUT2D eigenvalue weighted by Crippen LogP contribution is 2.03. The molecule has 0 saturated carbocycles. The number of nitrogens with one attached hydrogen (secondary N) is 1. The Bertz CT molecular complexity index is 420. The van der Waals surface area contributed by atoms with E-state index in [0.717, 1.165) is 13.1 Å². The highest BCUT2D eigenvalue weighted by Gasteiger charge is 2.06. The van der Waals surface area contributed by atoms with E-state index in [1.165, 1.54) is 11.1 Å². The van der Waals surface area contributed by atoms with Crippen LogP contribution in [0.25, 0.3) is 0 Å². The van der Waals surface area contributed by atoms with E-state index < -0.39 is 0 Å². The lowest BCUT2D eigenvalue weighted by Crippen LogP contribution is -2.31. The Morgan fingerprint density at radius 1 is 0.885 bits per heavy atom. The van der Waals surface area contributed by atoms with Gasteiger partial charge in [0.1, 0.15) is 0 Å². The molecular formula is C20H38N2O4. The number of rotatable bonds is 13. The van der Waals surface area contributed by atoms with Crippen LogP contribution in [0.15, 0.2) is 24.3 Å². The maximum Gasteiger partial charge on any atom is 0.169 e. The molecule has 0 aliphatic heterocycles. The van der Waals surface area contributed by atoms with Gasteiger partial charge in [-0.05, 0) is 40.2 Å². The fourth-order valence-electron chi connectivity index (χ4n) is 2.25. The van der Waals surface area contributed by atoms with Crippen molar-refractivity contribution >= 4 is 0 Å². The van der Waals surface area contributed by atoms with Gasteiger partial charge in [0.25, 0.3) is 0 Å². The monoisotopic (exact) mass is 370 g/mol. The highest BCUT2D eigenvalue weighted by atomic mass is 16.7. The van der Waals surface area contributed by atoms with Crippen LogP contribution >= 0.6 is 0 Å². The van der Waals surface area contributed by atoms with E-state index >= 15 is 0 Å². The van der Waals surface area contributed by atoms with Crippen LogP contribution in [-0.4, -0.2) is 52.1 Å². The molecule has 0 radical (unpaired) electrons. The first-order valence-corrected chi connectivity index (χ1v) is 9.53. The Balaban J connectivity index is 0.000000590. The van der Waals surface area contributed by atoms with Gasteiger partial charge in [-0.2, -0.15) is 0 Å². The maximum absolute atomic E-state index is 5.46. The van der Waals surface area contributed by atoms with E-state index in [1.54, 1.807) is 0 Å². The van der Waals surface area contributed by atoms with E-state index in [1.807, 2.05) is 27.7 Å². The van der Waals surface area contributed by atoms with E-state index in [2.05, 4.69) is 36.5 Å². The van der Waals surface area contributed by atoms with Crippen molar-refractivity contribution in [1.82, 2.24) is 5.32 Å². The molecule has 6 heteroatoms. The number of hydrogen-bond acceptors (Lipinski definition) is 6. The first-order valence-electron chi connectivity index (χ1n) is 9.53. The Morgan fingerprint density at radius 2 is 1.42 bits per heavy atom. The fourth-order valence-corrected chi connectivity index (χ4v) is 2.25. The van der Waals surface area contributed by atoms with E-state index in [-0.39, 0.29) is 12.6 Å². The zero-order valence-corrected chi connectivity index (χ0v) is 17.1. The van der Waals surface area contributed by atoms with Crippen LogP contribution in [0, 0.1) is 6.92 Å². The molecule has 3 N–H and O–H groups in total. The summed E-state index contributed by atoms with van der Waals surface area (Å²) in [6.45, 7) is 14.6. The zero-order chi connectivity index (χ0) is 19.6. The van der Waals surface area contributed by atoms with Crippen molar-refractivity contribution in [3.63, 3.8) is 0 Å². The molecule has 0 spiro atoms. The lowest BCUT2D eigenvalue weighted by molar-refractivity contribution is -0.133. The summed E-state index contributed by atoms with van der Waals surface area (Å²) in [4.78, 5) is 0. The van der Waals surface area contributed by atoms with Crippen molar-refractivity contribution in [2.75, 3.05) is 39.5 Å². The van der Waals surface area contributed by atoms with Crippen LogP contribution in [-0.2, 0) is 25.5 Å². The molecule has 1 aromatic rings. The van der Waals surface area contributed by atoms with E-state index in [4.69, 9.17) is 24.7 Å². The van der Waals surface area contributed by atoms with Crippen molar-refractivity contribution in [1.29, 1.82) is 0 Å². The molecule has 26 heavy (non-hydrogen) atoms. The van der Waals surface area contributed by atoms with Gasteiger partial charge in [0.05, 0.1) is 0 Å². The van der Waals surface area contributed by atoms with Crippen LogP contribution in [0.3, 0.4) is 0 Å². The SMILES string of the molecule is CCOC(CN)OCC.CCOC(CNCc1cccc(C)c1)OCC. The summed E-state index contributed by atoms with van der Waals surface area (Å²) in [5.74, 6) is 0. The highest BCUT2D eigenvalue weighted by molar-refractivity contribution is 5.21. The molecule has 0 bridgehead atoms. The van der Waals surface area contributed by atoms with Gasteiger partial charge in [0, 0.05) is 46.1 Å². The summed E-state index contributed by atoms with van der Waals surface area (Å²) >= 11 is 0. The van der Waals surface area contributed by atoms with Crippen LogP contribution in [0.5, 0.6) is 0 Å². The zero-order valence-electron chi connectivity index (χ0n) is 17.1. The lowest BCUT2D eigenvalue weighted by atomic mass is 10.1.